The zero-order chi connectivity index (χ0) is 9.90. The molecular weight excluding hydrogens is 250 g/mol. The number of methoxy groups -OCH3 is 1. The van der Waals surface area contributed by atoms with Crippen molar-refractivity contribution in [3.63, 3.8) is 0 Å². The van der Waals surface area contributed by atoms with E-state index in [4.69, 9.17) is 10.5 Å². The van der Waals surface area contributed by atoms with Crippen LogP contribution >= 0.6 is 27.3 Å². The van der Waals surface area contributed by atoms with Crippen LogP contribution in [-0.2, 0) is 11.2 Å². The Balaban J connectivity index is 2.57. The van der Waals surface area contributed by atoms with E-state index in [0.717, 1.165) is 10.9 Å². The van der Waals surface area contributed by atoms with Crippen LogP contribution in [0.15, 0.2) is 15.9 Å². The van der Waals surface area contributed by atoms with E-state index in [9.17, 15) is 0 Å². The van der Waals surface area contributed by atoms with Crippen LogP contribution in [0.2, 0.25) is 0 Å². The molecule has 1 atom stereocenters. The third-order valence-corrected chi connectivity index (χ3v) is 3.37. The monoisotopic (exact) mass is 263 g/mol. The predicted molar refractivity (Wildman–Crippen MR) is 60.2 cm³/mol. The summed E-state index contributed by atoms with van der Waals surface area (Å²) < 4.78 is 6.18. The molecule has 0 saturated carbocycles. The highest BCUT2D eigenvalue weighted by molar-refractivity contribution is 9.10. The minimum absolute atomic E-state index is 0.265. The number of hydrogen-bond donors (Lipinski definition) is 1. The van der Waals surface area contributed by atoms with Gasteiger partial charge in [-0.15, -0.1) is 11.3 Å². The number of halogens is 1. The van der Waals surface area contributed by atoms with Gasteiger partial charge in [-0.25, -0.2) is 0 Å². The summed E-state index contributed by atoms with van der Waals surface area (Å²) in [6, 6.07) is 2.10. The van der Waals surface area contributed by atoms with Gasteiger partial charge in [0.25, 0.3) is 0 Å². The zero-order valence-electron chi connectivity index (χ0n) is 7.84. The zero-order valence-corrected chi connectivity index (χ0v) is 10.2. The van der Waals surface area contributed by atoms with E-state index in [1.807, 2.05) is 6.92 Å². The van der Waals surface area contributed by atoms with Crippen molar-refractivity contribution in [2.45, 2.75) is 18.9 Å². The molecule has 0 amide bonds. The Morgan fingerprint density at radius 2 is 2.38 bits per heavy atom. The lowest BCUT2D eigenvalue weighted by molar-refractivity contribution is 0.141. The lowest BCUT2D eigenvalue weighted by Crippen LogP contribution is -2.42. The van der Waals surface area contributed by atoms with Gasteiger partial charge in [0.1, 0.15) is 0 Å². The van der Waals surface area contributed by atoms with Gasteiger partial charge < -0.3 is 10.5 Å². The molecular formula is C9H14BrNOS. The Morgan fingerprint density at radius 3 is 2.85 bits per heavy atom. The van der Waals surface area contributed by atoms with Crippen molar-refractivity contribution in [2.75, 3.05) is 13.7 Å². The van der Waals surface area contributed by atoms with Crippen molar-refractivity contribution in [1.29, 1.82) is 0 Å². The molecule has 74 valence electrons. The van der Waals surface area contributed by atoms with Crippen LogP contribution in [0.5, 0.6) is 0 Å². The van der Waals surface area contributed by atoms with Crippen LogP contribution in [-0.4, -0.2) is 19.3 Å². The number of nitrogens with two attached hydrogens (primary N) is 1. The number of hydrogen-bond acceptors (Lipinski definition) is 3. The maximum Gasteiger partial charge on any atom is 0.0643 e. The normalized spacial score (nSPS) is 15.7. The van der Waals surface area contributed by atoms with Gasteiger partial charge in [0.2, 0.25) is 0 Å². The molecule has 0 bridgehead atoms. The molecule has 0 fully saturated rings. The molecule has 0 radical (unpaired) electrons. The van der Waals surface area contributed by atoms with E-state index in [-0.39, 0.29) is 5.54 Å². The number of thiophene rings is 1. The molecule has 0 saturated heterocycles. The summed E-state index contributed by atoms with van der Waals surface area (Å²) in [6.45, 7) is 2.59. The van der Waals surface area contributed by atoms with Crippen LogP contribution in [0.4, 0.5) is 0 Å². The smallest absolute Gasteiger partial charge is 0.0643 e. The van der Waals surface area contributed by atoms with E-state index in [1.54, 1.807) is 18.4 Å². The summed E-state index contributed by atoms with van der Waals surface area (Å²) in [7, 11) is 1.68. The van der Waals surface area contributed by atoms with Gasteiger partial charge in [-0.2, -0.15) is 0 Å². The fraction of sp³-hybridized carbons (Fsp3) is 0.556. The topological polar surface area (TPSA) is 35.2 Å². The van der Waals surface area contributed by atoms with Gasteiger partial charge in [-0.1, -0.05) is 0 Å². The molecule has 2 N–H and O–H groups in total. The Labute approximate surface area is 91.2 Å². The van der Waals surface area contributed by atoms with Gasteiger partial charge in [0, 0.05) is 33.8 Å². The fourth-order valence-electron chi connectivity index (χ4n) is 1.23. The summed E-state index contributed by atoms with van der Waals surface area (Å²) in [4.78, 5) is 1.29. The van der Waals surface area contributed by atoms with Crippen LogP contribution in [0.25, 0.3) is 0 Å². The molecule has 2 nitrogen and oxygen atoms in total. The number of ether oxygens (including phenoxy) is 1. The Kier molecular flexibility index (Phi) is 3.91. The SMILES string of the molecule is COCC(C)(N)Cc1cc(Br)cs1. The first-order chi connectivity index (χ1) is 6.03. The molecule has 0 aliphatic heterocycles. The standard InChI is InChI=1S/C9H14BrNOS/c1-9(11,6-12-2)4-8-3-7(10)5-13-8/h3,5H,4,6,11H2,1-2H3. The van der Waals surface area contributed by atoms with Crippen LogP contribution < -0.4 is 5.73 Å². The highest BCUT2D eigenvalue weighted by Crippen LogP contribution is 2.23. The molecule has 4 heteroatoms. The third-order valence-electron chi connectivity index (χ3n) is 1.67. The van der Waals surface area contributed by atoms with Crippen molar-refractivity contribution in [1.82, 2.24) is 0 Å². The van der Waals surface area contributed by atoms with Crippen molar-refractivity contribution in [3.8, 4) is 0 Å². The highest BCUT2D eigenvalue weighted by Gasteiger charge is 2.19. The highest BCUT2D eigenvalue weighted by atomic mass is 79.9. The van der Waals surface area contributed by atoms with Crippen LogP contribution in [0.3, 0.4) is 0 Å². The first-order valence-corrected chi connectivity index (χ1v) is 5.71. The lowest BCUT2D eigenvalue weighted by atomic mass is 10.00. The quantitative estimate of drug-likeness (QED) is 0.906. The summed E-state index contributed by atoms with van der Waals surface area (Å²) in [5, 5.41) is 2.07. The minimum Gasteiger partial charge on any atom is -0.383 e. The first kappa shape index (κ1) is 11.2. The van der Waals surface area contributed by atoms with Crippen molar-refractivity contribution in [3.05, 3.63) is 20.8 Å². The Bertz CT molecular complexity index is 272. The van der Waals surface area contributed by atoms with Gasteiger partial charge >= 0.3 is 0 Å². The van der Waals surface area contributed by atoms with E-state index in [0.29, 0.717) is 6.61 Å². The van der Waals surface area contributed by atoms with Crippen LogP contribution in [0.1, 0.15) is 11.8 Å². The summed E-state index contributed by atoms with van der Waals surface area (Å²) >= 11 is 5.14. The van der Waals surface area contributed by atoms with Gasteiger partial charge in [-0.05, 0) is 28.9 Å². The molecule has 0 spiro atoms. The van der Waals surface area contributed by atoms with Crippen molar-refractivity contribution >= 4 is 27.3 Å². The Hall–Kier alpha value is 0.1000. The first-order valence-electron chi connectivity index (χ1n) is 4.04. The molecule has 1 unspecified atom stereocenters. The van der Waals surface area contributed by atoms with E-state index in [2.05, 4.69) is 27.4 Å². The molecule has 13 heavy (non-hydrogen) atoms. The van der Waals surface area contributed by atoms with Gasteiger partial charge in [0.05, 0.1) is 6.61 Å². The average Bonchev–Trinajstić information content (AvgIpc) is 2.34. The second-order valence-electron chi connectivity index (χ2n) is 3.50. The second kappa shape index (κ2) is 4.55. The molecule has 1 rings (SSSR count). The summed E-state index contributed by atoms with van der Waals surface area (Å²) in [5.74, 6) is 0. The molecule has 0 aromatic carbocycles. The fourth-order valence-corrected chi connectivity index (χ4v) is 2.87. The van der Waals surface area contributed by atoms with Gasteiger partial charge in [-0.3, -0.25) is 0 Å². The van der Waals surface area contributed by atoms with E-state index < -0.39 is 0 Å². The third kappa shape index (κ3) is 3.77. The maximum atomic E-state index is 6.03. The molecule has 0 aliphatic rings. The second-order valence-corrected chi connectivity index (χ2v) is 5.41. The van der Waals surface area contributed by atoms with Gasteiger partial charge in [0.15, 0.2) is 0 Å². The molecule has 1 aromatic heterocycles. The Morgan fingerprint density at radius 1 is 1.69 bits per heavy atom. The molecule has 1 heterocycles. The largest absolute Gasteiger partial charge is 0.383 e. The molecule has 1 aromatic rings. The van der Waals surface area contributed by atoms with E-state index >= 15 is 0 Å². The minimum atomic E-state index is -0.265. The molecule has 0 aliphatic carbocycles. The van der Waals surface area contributed by atoms with Crippen molar-refractivity contribution in [2.24, 2.45) is 5.73 Å². The number of rotatable bonds is 4. The summed E-state index contributed by atoms with van der Waals surface area (Å²) in [6.07, 6.45) is 0.858. The van der Waals surface area contributed by atoms with E-state index in [1.165, 1.54) is 4.88 Å². The van der Waals surface area contributed by atoms with Crippen LogP contribution in [0, 0.1) is 0 Å². The average molecular weight is 264 g/mol. The van der Waals surface area contributed by atoms with Crippen molar-refractivity contribution < 1.29 is 4.74 Å². The summed E-state index contributed by atoms with van der Waals surface area (Å²) in [5.41, 5.74) is 5.77. The maximum absolute atomic E-state index is 6.03. The lowest BCUT2D eigenvalue weighted by Gasteiger charge is -2.22. The predicted octanol–water partition coefficient (Wildman–Crippen LogP) is 2.42.